The molecule has 1 aromatic rings. The maximum absolute atomic E-state index is 12.9. The Morgan fingerprint density at radius 2 is 2.00 bits per heavy atom. The van der Waals surface area contributed by atoms with Crippen molar-refractivity contribution in [2.45, 2.75) is 38.5 Å². The molecule has 0 spiro atoms. The summed E-state index contributed by atoms with van der Waals surface area (Å²) in [5, 5.41) is 0.578. The summed E-state index contributed by atoms with van der Waals surface area (Å²) in [7, 11) is 0. The molecule has 0 aromatic heterocycles. The van der Waals surface area contributed by atoms with Crippen LogP contribution in [-0.4, -0.2) is 0 Å². The van der Waals surface area contributed by atoms with Gasteiger partial charge in [-0.1, -0.05) is 37.4 Å². The molecule has 2 heteroatoms. The molecule has 0 aliphatic heterocycles. The van der Waals surface area contributed by atoms with Crippen LogP contribution in [0.1, 0.15) is 44.1 Å². The van der Waals surface area contributed by atoms with E-state index in [1.54, 1.807) is 0 Å². The van der Waals surface area contributed by atoms with Crippen molar-refractivity contribution in [2.75, 3.05) is 0 Å². The van der Waals surface area contributed by atoms with Crippen LogP contribution in [0.2, 0.25) is 5.02 Å². The molecule has 1 atom stereocenters. The molecule has 0 radical (unpaired) electrons. The molecule has 0 heterocycles. The highest BCUT2D eigenvalue weighted by Gasteiger charge is 2.24. The SMILES string of the molecule is CC(c1ccc(F)cc1Cl)C1CCCC1. The van der Waals surface area contributed by atoms with E-state index in [4.69, 9.17) is 11.6 Å². The molecule has 0 saturated heterocycles. The number of hydrogen-bond donors (Lipinski definition) is 0. The van der Waals surface area contributed by atoms with Gasteiger partial charge in [-0.25, -0.2) is 4.39 Å². The highest BCUT2D eigenvalue weighted by Crippen LogP contribution is 2.39. The van der Waals surface area contributed by atoms with Crippen molar-refractivity contribution in [3.05, 3.63) is 34.6 Å². The molecule has 1 aliphatic carbocycles. The van der Waals surface area contributed by atoms with Gasteiger partial charge < -0.3 is 0 Å². The van der Waals surface area contributed by atoms with E-state index in [-0.39, 0.29) is 5.82 Å². The Morgan fingerprint density at radius 1 is 1.33 bits per heavy atom. The second-order valence-electron chi connectivity index (χ2n) is 4.50. The molecule has 82 valence electrons. The van der Waals surface area contributed by atoms with Gasteiger partial charge in [-0.3, -0.25) is 0 Å². The van der Waals surface area contributed by atoms with Crippen molar-refractivity contribution in [1.82, 2.24) is 0 Å². The minimum Gasteiger partial charge on any atom is -0.207 e. The van der Waals surface area contributed by atoms with Gasteiger partial charge in [0.05, 0.1) is 0 Å². The zero-order valence-electron chi connectivity index (χ0n) is 8.97. The first-order chi connectivity index (χ1) is 7.18. The number of benzene rings is 1. The van der Waals surface area contributed by atoms with Crippen LogP contribution in [0.4, 0.5) is 4.39 Å². The Morgan fingerprint density at radius 3 is 2.60 bits per heavy atom. The standard InChI is InChI=1S/C13H16ClF/c1-9(10-4-2-3-5-10)12-7-6-11(15)8-13(12)14/h6-10H,2-5H2,1H3. The average molecular weight is 227 g/mol. The lowest BCUT2D eigenvalue weighted by Gasteiger charge is -2.20. The molecule has 1 aliphatic rings. The van der Waals surface area contributed by atoms with Crippen molar-refractivity contribution in [2.24, 2.45) is 5.92 Å². The lowest BCUT2D eigenvalue weighted by atomic mass is 9.86. The van der Waals surface area contributed by atoms with Gasteiger partial charge in [0.25, 0.3) is 0 Å². The highest BCUT2D eigenvalue weighted by atomic mass is 35.5. The molecule has 1 aromatic carbocycles. The summed E-state index contributed by atoms with van der Waals surface area (Å²) >= 11 is 6.06. The maximum atomic E-state index is 12.9. The van der Waals surface area contributed by atoms with Crippen molar-refractivity contribution < 1.29 is 4.39 Å². The summed E-state index contributed by atoms with van der Waals surface area (Å²) < 4.78 is 12.9. The van der Waals surface area contributed by atoms with Crippen molar-refractivity contribution in [3.8, 4) is 0 Å². The normalized spacial score (nSPS) is 19.4. The van der Waals surface area contributed by atoms with Gasteiger partial charge in [0, 0.05) is 5.02 Å². The highest BCUT2D eigenvalue weighted by molar-refractivity contribution is 6.31. The van der Waals surface area contributed by atoms with Crippen LogP contribution < -0.4 is 0 Å². The van der Waals surface area contributed by atoms with Gasteiger partial charge in [0.2, 0.25) is 0 Å². The van der Waals surface area contributed by atoms with Gasteiger partial charge in [0.15, 0.2) is 0 Å². The van der Waals surface area contributed by atoms with E-state index in [0.29, 0.717) is 10.9 Å². The Labute approximate surface area is 95.4 Å². The first-order valence-corrected chi connectivity index (χ1v) is 6.01. The Kier molecular flexibility index (Phi) is 3.30. The van der Waals surface area contributed by atoms with Gasteiger partial charge in [0.1, 0.15) is 5.82 Å². The molecule has 1 saturated carbocycles. The molecule has 15 heavy (non-hydrogen) atoms. The molecule has 2 rings (SSSR count). The van der Waals surface area contributed by atoms with Crippen molar-refractivity contribution >= 4 is 11.6 Å². The van der Waals surface area contributed by atoms with Gasteiger partial charge in [-0.2, -0.15) is 0 Å². The first-order valence-electron chi connectivity index (χ1n) is 5.63. The van der Waals surface area contributed by atoms with Crippen LogP contribution in [0, 0.1) is 11.7 Å². The van der Waals surface area contributed by atoms with E-state index < -0.39 is 0 Å². The lowest BCUT2D eigenvalue weighted by Crippen LogP contribution is -2.06. The van der Waals surface area contributed by atoms with Crippen LogP contribution >= 0.6 is 11.6 Å². The van der Waals surface area contributed by atoms with E-state index in [2.05, 4.69) is 6.92 Å². The molecule has 1 fully saturated rings. The third-order valence-electron chi connectivity index (χ3n) is 3.56. The molecule has 0 bridgehead atoms. The maximum Gasteiger partial charge on any atom is 0.124 e. The van der Waals surface area contributed by atoms with E-state index in [1.807, 2.05) is 6.07 Å². The lowest BCUT2D eigenvalue weighted by molar-refractivity contribution is 0.460. The first kappa shape index (κ1) is 10.9. The fourth-order valence-corrected chi connectivity index (χ4v) is 2.92. The molecular formula is C13H16ClF. The fourth-order valence-electron chi connectivity index (χ4n) is 2.58. The van der Waals surface area contributed by atoms with Crippen molar-refractivity contribution in [3.63, 3.8) is 0 Å². The second-order valence-corrected chi connectivity index (χ2v) is 4.91. The van der Waals surface area contributed by atoms with E-state index in [9.17, 15) is 4.39 Å². The Hall–Kier alpha value is -0.560. The smallest absolute Gasteiger partial charge is 0.124 e. The van der Waals surface area contributed by atoms with Crippen LogP contribution in [0.3, 0.4) is 0 Å². The van der Waals surface area contributed by atoms with Gasteiger partial charge >= 0.3 is 0 Å². The fraction of sp³-hybridized carbons (Fsp3) is 0.538. The molecule has 0 nitrogen and oxygen atoms in total. The largest absolute Gasteiger partial charge is 0.207 e. The quantitative estimate of drug-likeness (QED) is 0.681. The summed E-state index contributed by atoms with van der Waals surface area (Å²) in [5.41, 5.74) is 1.10. The third kappa shape index (κ3) is 2.34. The molecular weight excluding hydrogens is 211 g/mol. The summed E-state index contributed by atoms with van der Waals surface area (Å²) in [6, 6.07) is 4.76. The average Bonchev–Trinajstić information content (AvgIpc) is 2.69. The monoisotopic (exact) mass is 226 g/mol. The van der Waals surface area contributed by atoms with Crippen molar-refractivity contribution in [1.29, 1.82) is 0 Å². The van der Waals surface area contributed by atoms with E-state index in [0.717, 1.165) is 11.5 Å². The number of halogens is 2. The van der Waals surface area contributed by atoms with E-state index in [1.165, 1.54) is 37.8 Å². The van der Waals surface area contributed by atoms with E-state index >= 15 is 0 Å². The summed E-state index contributed by atoms with van der Waals surface area (Å²) in [6.07, 6.45) is 5.23. The van der Waals surface area contributed by atoms with Crippen LogP contribution in [0.5, 0.6) is 0 Å². The van der Waals surface area contributed by atoms with Gasteiger partial charge in [-0.15, -0.1) is 0 Å². The Balaban J connectivity index is 2.20. The second kappa shape index (κ2) is 4.52. The predicted molar refractivity (Wildman–Crippen MR) is 61.8 cm³/mol. The summed E-state index contributed by atoms with van der Waals surface area (Å²) in [6.45, 7) is 2.20. The molecule has 0 N–H and O–H groups in total. The predicted octanol–water partition coefficient (Wildman–Crippen LogP) is 4.77. The third-order valence-corrected chi connectivity index (χ3v) is 3.89. The Bertz CT molecular complexity index is 342. The molecule has 1 unspecified atom stereocenters. The number of rotatable bonds is 2. The number of hydrogen-bond acceptors (Lipinski definition) is 0. The summed E-state index contributed by atoms with van der Waals surface area (Å²) in [5.74, 6) is 0.941. The molecule has 0 amide bonds. The summed E-state index contributed by atoms with van der Waals surface area (Å²) in [4.78, 5) is 0. The zero-order valence-corrected chi connectivity index (χ0v) is 9.73. The van der Waals surface area contributed by atoms with Crippen LogP contribution in [0.25, 0.3) is 0 Å². The minimum atomic E-state index is -0.248. The van der Waals surface area contributed by atoms with Crippen LogP contribution in [0.15, 0.2) is 18.2 Å². The zero-order chi connectivity index (χ0) is 10.8. The van der Waals surface area contributed by atoms with Gasteiger partial charge in [-0.05, 0) is 42.4 Å². The topological polar surface area (TPSA) is 0 Å². The minimum absolute atomic E-state index is 0.248. The van der Waals surface area contributed by atoms with Crippen LogP contribution in [-0.2, 0) is 0 Å².